The number of hydrogen-bond donors (Lipinski definition) is 1. The molecule has 25 heavy (non-hydrogen) atoms. The first-order valence-corrected chi connectivity index (χ1v) is 8.94. The molecule has 2 rings (SSSR count). The highest BCUT2D eigenvalue weighted by molar-refractivity contribution is 7.90. The number of carbonyl (C=O) groups is 2. The van der Waals surface area contributed by atoms with Gasteiger partial charge in [-0.1, -0.05) is 0 Å². The van der Waals surface area contributed by atoms with Gasteiger partial charge < -0.3 is 9.47 Å². The van der Waals surface area contributed by atoms with Gasteiger partial charge in [0, 0.05) is 17.3 Å². The average Bonchev–Trinajstić information content (AvgIpc) is 3.08. The molecular weight excluding hydrogens is 376 g/mol. The van der Waals surface area contributed by atoms with Crippen LogP contribution in [0.4, 0.5) is 4.79 Å². The van der Waals surface area contributed by atoms with E-state index in [0.29, 0.717) is 4.68 Å². The van der Waals surface area contributed by atoms with E-state index in [2.05, 4.69) is 9.84 Å². The first-order chi connectivity index (χ1) is 11.6. The van der Waals surface area contributed by atoms with Crippen molar-refractivity contribution in [1.82, 2.24) is 19.1 Å². The minimum Gasteiger partial charge on any atom is -0.467 e. The Morgan fingerprint density at radius 1 is 1.32 bits per heavy atom. The number of esters is 1. The van der Waals surface area contributed by atoms with E-state index in [-0.39, 0.29) is 16.5 Å². The molecular formula is C12H14N4O7S2. The van der Waals surface area contributed by atoms with Crippen LogP contribution in [0.25, 0.3) is 0 Å². The molecule has 1 N–H and O–H groups in total. The summed E-state index contributed by atoms with van der Waals surface area (Å²) in [5.41, 5.74) is -1.11. The van der Waals surface area contributed by atoms with Crippen LogP contribution in [0.15, 0.2) is 15.1 Å². The Labute approximate surface area is 145 Å². The number of nitrogens with one attached hydrogen (secondary N) is 1. The molecule has 0 aliphatic rings. The van der Waals surface area contributed by atoms with Gasteiger partial charge in [-0.15, -0.1) is 21.1 Å². The Kier molecular flexibility index (Phi) is 4.99. The van der Waals surface area contributed by atoms with Crippen LogP contribution < -0.4 is 15.1 Å². The van der Waals surface area contributed by atoms with Crippen molar-refractivity contribution in [1.29, 1.82) is 0 Å². The molecule has 0 bridgehead atoms. The van der Waals surface area contributed by atoms with E-state index in [1.54, 1.807) is 4.72 Å². The van der Waals surface area contributed by atoms with Gasteiger partial charge in [0.2, 0.25) is 0 Å². The summed E-state index contributed by atoms with van der Waals surface area (Å²) in [4.78, 5) is 35.6. The SMILES string of the molecule is COC(=O)c1csc(C)c1S(=O)(=O)NC(=O)n1nc(OC)n(C)c1=O. The van der Waals surface area contributed by atoms with E-state index in [4.69, 9.17) is 4.74 Å². The highest BCUT2D eigenvalue weighted by Gasteiger charge is 2.30. The number of methoxy groups -OCH3 is 2. The van der Waals surface area contributed by atoms with E-state index >= 15 is 0 Å². The van der Waals surface area contributed by atoms with Gasteiger partial charge in [-0.3, -0.25) is 0 Å². The van der Waals surface area contributed by atoms with Gasteiger partial charge in [-0.2, -0.15) is 0 Å². The van der Waals surface area contributed by atoms with Crippen LogP contribution in [0, 0.1) is 6.92 Å². The van der Waals surface area contributed by atoms with Crippen molar-refractivity contribution in [2.24, 2.45) is 7.05 Å². The lowest BCUT2D eigenvalue weighted by Gasteiger charge is -2.07. The zero-order valence-electron chi connectivity index (χ0n) is 13.6. The molecule has 2 heterocycles. The smallest absolute Gasteiger partial charge is 0.360 e. The fraction of sp³-hybridized carbons (Fsp3) is 0.333. The number of rotatable bonds is 4. The fourth-order valence-corrected chi connectivity index (χ4v) is 4.47. The molecule has 0 radical (unpaired) electrons. The van der Waals surface area contributed by atoms with Gasteiger partial charge in [0.15, 0.2) is 0 Å². The van der Waals surface area contributed by atoms with Crippen LogP contribution in [0.3, 0.4) is 0 Å². The minimum absolute atomic E-state index is 0.181. The van der Waals surface area contributed by atoms with Gasteiger partial charge in [-0.25, -0.2) is 32.1 Å². The van der Waals surface area contributed by atoms with Crippen LogP contribution in [-0.2, 0) is 21.8 Å². The predicted molar refractivity (Wildman–Crippen MR) is 85.5 cm³/mol. The zero-order chi connectivity index (χ0) is 18.9. The second kappa shape index (κ2) is 6.68. The number of sulfonamides is 1. The summed E-state index contributed by atoms with van der Waals surface area (Å²) in [6.45, 7) is 1.46. The van der Waals surface area contributed by atoms with E-state index in [0.717, 1.165) is 23.0 Å². The Morgan fingerprint density at radius 2 is 1.96 bits per heavy atom. The maximum Gasteiger partial charge on any atom is 0.360 e. The highest BCUT2D eigenvalue weighted by Crippen LogP contribution is 2.27. The maximum absolute atomic E-state index is 12.5. The number of amides is 1. The first kappa shape index (κ1) is 18.7. The van der Waals surface area contributed by atoms with Crippen LogP contribution in [0.1, 0.15) is 15.2 Å². The monoisotopic (exact) mass is 390 g/mol. The molecule has 136 valence electrons. The lowest BCUT2D eigenvalue weighted by Crippen LogP contribution is -2.40. The molecule has 2 aromatic rings. The molecule has 11 nitrogen and oxygen atoms in total. The average molecular weight is 390 g/mol. The third-order valence-corrected chi connectivity index (χ3v) is 5.68. The van der Waals surface area contributed by atoms with Gasteiger partial charge in [0.05, 0.1) is 19.8 Å². The predicted octanol–water partition coefficient (Wildman–Crippen LogP) is -0.306. The molecule has 0 saturated heterocycles. The summed E-state index contributed by atoms with van der Waals surface area (Å²) in [6, 6.07) is -1.50. The molecule has 0 aliphatic heterocycles. The van der Waals surface area contributed by atoms with Crippen molar-refractivity contribution in [2.75, 3.05) is 14.2 Å². The number of thiophene rings is 1. The van der Waals surface area contributed by atoms with Gasteiger partial charge in [-0.05, 0) is 6.92 Å². The normalized spacial score (nSPS) is 11.2. The Hall–Kier alpha value is -2.67. The molecule has 0 unspecified atom stereocenters. The van der Waals surface area contributed by atoms with E-state index in [1.807, 2.05) is 0 Å². The fourth-order valence-electron chi connectivity index (χ4n) is 1.97. The largest absolute Gasteiger partial charge is 0.467 e. The van der Waals surface area contributed by atoms with Crippen molar-refractivity contribution < 1.29 is 27.5 Å². The first-order valence-electron chi connectivity index (χ1n) is 6.57. The summed E-state index contributed by atoms with van der Waals surface area (Å²) >= 11 is 0.998. The van der Waals surface area contributed by atoms with E-state index in [1.165, 1.54) is 26.5 Å². The van der Waals surface area contributed by atoms with Crippen molar-refractivity contribution in [3.63, 3.8) is 0 Å². The van der Waals surface area contributed by atoms with Gasteiger partial charge in [0.1, 0.15) is 4.90 Å². The lowest BCUT2D eigenvalue weighted by molar-refractivity contribution is 0.0597. The maximum atomic E-state index is 12.5. The van der Waals surface area contributed by atoms with Crippen LogP contribution in [0.5, 0.6) is 6.01 Å². The Bertz CT molecular complexity index is 999. The Balaban J connectivity index is 2.44. The number of nitrogens with zero attached hydrogens (tertiary/aromatic N) is 3. The molecule has 13 heteroatoms. The second-order valence-electron chi connectivity index (χ2n) is 4.68. The molecule has 0 spiro atoms. The molecule has 0 fully saturated rings. The van der Waals surface area contributed by atoms with Crippen molar-refractivity contribution in [2.45, 2.75) is 11.8 Å². The number of ether oxygens (including phenoxy) is 2. The van der Waals surface area contributed by atoms with Crippen LogP contribution >= 0.6 is 11.3 Å². The molecule has 0 aliphatic carbocycles. The van der Waals surface area contributed by atoms with Crippen molar-refractivity contribution >= 4 is 33.4 Å². The summed E-state index contributed by atoms with van der Waals surface area (Å²) in [7, 11) is -0.816. The topological polar surface area (TPSA) is 139 Å². The third kappa shape index (κ3) is 3.28. The number of aromatic nitrogens is 3. The van der Waals surface area contributed by atoms with Crippen molar-refractivity contribution in [3.8, 4) is 6.01 Å². The molecule has 1 amide bonds. The number of hydrogen-bond acceptors (Lipinski definition) is 9. The quantitative estimate of drug-likeness (QED) is 0.702. The summed E-state index contributed by atoms with van der Waals surface area (Å²) < 4.78 is 37.2. The molecule has 0 saturated carbocycles. The minimum atomic E-state index is -4.45. The second-order valence-corrected chi connectivity index (χ2v) is 7.38. The number of carbonyl (C=O) groups excluding carboxylic acids is 2. The Morgan fingerprint density at radius 3 is 2.48 bits per heavy atom. The summed E-state index contributed by atoms with van der Waals surface area (Å²) in [6.07, 6.45) is 0. The van der Waals surface area contributed by atoms with E-state index in [9.17, 15) is 22.8 Å². The van der Waals surface area contributed by atoms with E-state index < -0.39 is 32.6 Å². The highest BCUT2D eigenvalue weighted by atomic mass is 32.2. The van der Waals surface area contributed by atoms with Crippen molar-refractivity contribution in [3.05, 3.63) is 26.3 Å². The standard InChI is InChI=1S/C12H14N4O7S2/c1-6-8(7(5-24-6)9(17)22-3)25(20,21)14-10(18)16-12(19)15(2)11(13-16)23-4/h5H,1-4H3,(H,14,18). The number of aryl methyl sites for hydroxylation is 1. The van der Waals surface area contributed by atoms with Crippen LogP contribution in [0.2, 0.25) is 0 Å². The zero-order valence-corrected chi connectivity index (χ0v) is 15.2. The summed E-state index contributed by atoms with van der Waals surface area (Å²) in [5, 5.41) is 4.87. The lowest BCUT2D eigenvalue weighted by atomic mass is 10.3. The molecule has 2 aromatic heterocycles. The van der Waals surface area contributed by atoms with Crippen LogP contribution in [-0.4, -0.2) is 49.0 Å². The van der Waals surface area contributed by atoms with Gasteiger partial charge in [0.25, 0.3) is 10.0 Å². The third-order valence-electron chi connectivity index (χ3n) is 3.13. The molecule has 0 atom stereocenters. The molecule has 0 aromatic carbocycles. The summed E-state index contributed by atoms with van der Waals surface area (Å²) in [5.74, 6) is -0.867. The van der Waals surface area contributed by atoms with Gasteiger partial charge >= 0.3 is 23.7 Å².